The lowest BCUT2D eigenvalue weighted by Crippen LogP contribution is -2.47. The van der Waals surface area contributed by atoms with E-state index in [-0.39, 0.29) is 18.2 Å². The number of aliphatic carboxylic acids is 1. The molecule has 1 N–H and O–H groups in total. The van der Waals surface area contributed by atoms with Gasteiger partial charge in [-0.1, -0.05) is 0 Å². The molecule has 0 spiro atoms. The number of benzene rings is 1. The molecule has 0 aliphatic carbocycles. The van der Waals surface area contributed by atoms with Gasteiger partial charge >= 0.3 is 5.97 Å². The highest BCUT2D eigenvalue weighted by Crippen LogP contribution is 2.24. The van der Waals surface area contributed by atoms with E-state index in [0.717, 1.165) is 12.1 Å². The summed E-state index contributed by atoms with van der Waals surface area (Å²) in [5.74, 6) is -3.89. The number of hydrogen-bond acceptors (Lipinski definition) is 2. The van der Waals surface area contributed by atoms with Gasteiger partial charge in [0.15, 0.2) is 0 Å². The number of nitrogens with zero attached hydrogens (tertiary/aromatic N) is 1. The number of piperidine rings is 1. The summed E-state index contributed by atoms with van der Waals surface area (Å²) in [5, 5.41) is 9.02. The van der Waals surface area contributed by atoms with Crippen LogP contribution in [0.1, 0.15) is 30.1 Å². The van der Waals surface area contributed by atoms with E-state index in [1.54, 1.807) is 6.92 Å². The van der Waals surface area contributed by atoms with Crippen molar-refractivity contribution < 1.29 is 23.5 Å². The van der Waals surface area contributed by atoms with Crippen molar-refractivity contribution in [2.45, 2.75) is 25.8 Å². The van der Waals surface area contributed by atoms with Gasteiger partial charge in [0.1, 0.15) is 11.6 Å². The first-order valence-corrected chi connectivity index (χ1v) is 6.39. The van der Waals surface area contributed by atoms with Crippen LogP contribution in [0.5, 0.6) is 0 Å². The van der Waals surface area contributed by atoms with Crippen molar-refractivity contribution in [3.63, 3.8) is 0 Å². The molecule has 2 atom stereocenters. The molecule has 2 unspecified atom stereocenters. The van der Waals surface area contributed by atoms with Crippen LogP contribution in [0.3, 0.4) is 0 Å². The van der Waals surface area contributed by atoms with Crippen LogP contribution in [0.25, 0.3) is 0 Å². The van der Waals surface area contributed by atoms with E-state index in [0.29, 0.717) is 18.9 Å². The van der Waals surface area contributed by atoms with Crippen LogP contribution in [-0.2, 0) is 4.79 Å². The number of amides is 1. The Morgan fingerprint density at radius 2 is 2.00 bits per heavy atom. The fraction of sp³-hybridized carbons (Fsp3) is 0.429. The molecule has 1 aliphatic heterocycles. The molecule has 2 rings (SSSR count). The molecule has 0 bridgehead atoms. The van der Waals surface area contributed by atoms with Crippen LogP contribution in [-0.4, -0.2) is 34.5 Å². The summed E-state index contributed by atoms with van der Waals surface area (Å²) >= 11 is 0. The van der Waals surface area contributed by atoms with Gasteiger partial charge in [0.25, 0.3) is 5.91 Å². The maximum Gasteiger partial charge on any atom is 0.308 e. The summed E-state index contributed by atoms with van der Waals surface area (Å²) in [6, 6.07) is 2.59. The summed E-state index contributed by atoms with van der Waals surface area (Å²) in [5.41, 5.74) is -0.232. The zero-order valence-corrected chi connectivity index (χ0v) is 11.0. The second kappa shape index (κ2) is 5.56. The van der Waals surface area contributed by atoms with Gasteiger partial charge in [0.2, 0.25) is 0 Å². The molecular weight excluding hydrogens is 268 g/mol. The topological polar surface area (TPSA) is 57.6 Å². The largest absolute Gasteiger partial charge is 0.481 e. The average Bonchev–Trinajstić information content (AvgIpc) is 2.38. The summed E-state index contributed by atoms with van der Waals surface area (Å²) in [4.78, 5) is 24.6. The van der Waals surface area contributed by atoms with E-state index in [4.69, 9.17) is 5.11 Å². The summed E-state index contributed by atoms with van der Waals surface area (Å²) in [7, 11) is 0. The van der Waals surface area contributed by atoms with Gasteiger partial charge < -0.3 is 10.0 Å². The van der Waals surface area contributed by atoms with E-state index in [9.17, 15) is 18.4 Å². The molecule has 108 valence electrons. The Balaban J connectivity index is 2.24. The van der Waals surface area contributed by atoms with E-state index >= 15 is 0 Å². The van der Waals surface area contributed by atoms with Crippen LogP contribution in [0.2, 0.25) is 0 Å². The number of halogens is 2. The third-order valence-electron chi connectivity index (χ3n) is 3.65. The third-order valence-corrected chi connectivity index (χ3v) is 3.65. The van der Waals surface area contributed by atoms with Crippen LogP contribution in [0.4, 0.5) is 8.78 Å². The number of carboxylic acids is 1. The molecule has 1 heterocycles. The van der Waals surface area contributed by atoms with Crippen LogP contribution in [0.15, 0.2) is 18.2 Å². The van der Waals surface area contributed by atoms with Gasteiger partial charge in [-0.05, 0) is 31.9 Å². The first-order valence-electron chi connectivity index (χ1n) is 6.39. The zero-order valence-electron chi connectivity index (χ0n) is 11.0. The number of carboxylic acid groups (broad SMARTS) is 1. The molecule has 0 aromatic heterocycles. The Morgan fingerprint density at radius 1 is 1.30 bits per heavy atom. The van der Waals surface area contributed by atoms with Gasteiger partial charge in [-0.25, -0.2) is 8.78 Å². The molecule has 6 heteroatoms. The molecule has 1 aromatic rings. The van der Waals surface area contributed by atoms with E-state index in [1.165, 1.54) is 4.90 Å². The molecular formula is C14H15F2NO3. The molecule has 1 fully saturated rings. The SMILES string of the molecule is CC1CCC(C(=O)O)CN1C(=O)c1ccc(F)cc1F. The van der Waals surface area contributed by atoms with Crippen molar-refractivity contribution >= 4 is 11.9 Å². The molecule has 20 heavy (non-hydrogen) atoms. The lowest BCUT2D eigenvalue weighted by Gasteiger charge is -2.36. The first-order chi connectivity index (χ1) is 9.40. The summed E-state index contributed by atoms with van der Waals surface area (Å²) in [6.07, 6.45) is 1.04. The Labute approximate surface area is 115 Å². The van der Waals surface area contributed by atoms with Gasteiger partial charge in [0, 0.05) is 18.7 Å². The molecule has 0 saturated carbocycles. The Bertz CT molecular complexity index is 547. The Morgan fingerprint density at radius 3 is 2.60 bits per heavy atom. The maximum atomic E-state index is 13.6. The standard InChI is InChI=1S/C14H15F2NO3/c1-8-2-3-9(14(19)20)7-17(8)13(18)11-5-4-10(15)6-12(11)16/h4-6,8-9H,2-3,7H2,1H3,(H,19,20). The third kappa shape index (κ3) is 2.79. The molecule has 0 radical (unpaired) electrons. The molecule has 4 nitrogen and oxygen atoms in total. The van der Waals surface area contributed by atoms with Crippen molar-refractivity contribution in [1.29, 1.82) is 0 Å². The highest BCUT2D eigenvalue weighted by Gasteiger charge is 2.33. The first kappa shape index (κ1) is 14.4. The predicted molar refractivity (Wildman–Crippen MR) is 67.2 cm³/mol. The molecule has 1 aromatic carbocycles. The lowest BCUT2D eigenvalue weighted by atomic mass is 9.93. The van der Waals surface area contributed by atoms with Gasteiger partial charge in [-0.15, -0.1) is 0 Å². The quantitative estimate of drug-likeness (QED) is 0.906. The monoisotopic (exact) mass is 283 g/mol. The zero-order chi connectivity index (χ0) is 14.9. The van der Waals surface area contributed by atoms with Crippen molar-refractivity contribution in [3.8, 4) is 0 Å². The number of hydrogen-bond donors (Lipinski definition) is 1. The molecule has 1 amide bonds. The van der Waals surface area contributed by atoms with Crippen LogP contribution >= 0.6 is 0 Å². The van der Waals surface area contributed by atoms with Crippen molar-refractivity contribution in [3.05, 3.63) is 35.4 Å². The molecule has 1 saturated heterocycles. The second-order valence-electron chi connectivity index (χ2n) is 5.04. The number of carbonyl (C=O) groups is 2. The van der Waals surface area contributed by atoms with Crippen LogP contribution in [0, 0.1) is 17.6 Å². The van der Waals surface area contributed by atoms with Crippen LogP contribution < -0.4 is 0 Å². The molecule has 1 aliphatic rings. The van der Waals surface area contributed by atoms with E-state index in [2.05, 4.69) is 0 Å². The highest BCUT2D eigenvalue weighted by molar-refractivity contribution is 5.95. The highest BCUT2D eigenvalue weighted by atomic mass is 19.1. The van der Waals surface area contributed by atoms with Gasteiger partial charge in [-0.3, -0.25) is 9.59 Å². The fourth-order valence-corrected chi connectivity index (χ4v) is 2.41. The van der Waals surface area contributed by atoms with Gasteiger partial charge in [-0.2, -0.15) is 0 Å². The number of likely N-dealkylation sites (tertiary alicyclic amines) is 1. The maximum absolute atomic E-state index is 13.6. The predicted octanol–water partition coefficient (Wildman–Crippen LogP) is 2.29. The minimum Gasteiger partial charge on any atom is -0.481 e. The minimum absolute atomic E-state index is 0.0478. The normalized spacial score (nSPS) is 22.6. The second-order valence-corrected chi connectivity index (χ2v) is 5.04. The van der Waals surface area contributed by atoms with Crippen molar-refractivity contribution in [2.75, 3.05) is 6.54 Å². The average molecular weight is 283 g/mol. The van der Waals surface area contributed by atoms with Gasteiger partial charge in [0.05, 0.1) is 11.5 Å². The number of rotatable bonds is 2. The lowest BCUT2D eigenvalue weighted by molar-refractivity contribution is -0.143. The van der Waals surface area contributed by atoms with E-state index in [1.807, 2.05) is 0 Å². The number of carbonyl (C=O) groups excluding carboxylic acids is 1. The Kier molecular flexibility index (Phi) is 4.01. The van der Waals surface area contributed by atoms with Crippen molar-refractivity contribution in [1.82, 2.24) is 4.90 Å². The Hall–Kier alpha value is -1.98. The summed E-state index contributed by atoms with van der Waals surface area (Å²) < 4.78 is 26.5. The minimum atomic E-state index is -0.964. The smallest absolute Gasteiger partial charge is 0.308 e. The fourth-order valence-electron chi connectivity index (χ4n) is 2.41. The van der Waals surface area contributed by atoms with Crippen molar-refractivity contribution in [2.24, 2.45) is 5.92 Å². The van der Waals surface area contributed by atoms with E-state index < -0.39 is 29.4 Å². The summed E-state index contributed by atoms with van der Waals surface area (Å²) in [6.45, 7) is 1.84.